The molecule has 1 rings (SSSR count). The Kier molecular flexibility index (Phi) is 5.03. The van der Waals surface area contributed by atoms with E-state index >= 15 is 0 Å². The first-order chi connectivity index (χ1) is 7.10. The molecule has 0 saturated carbocycles. The van der Waals surface area contributed by atoms with Gasteiger partial charge in [0, 0.05) is 25.2 Å². The number of ether oxygens (including phenoxy) is 2. The van der Waals surface area contributed by atoms with Gasteiger partial charge < -0.3 is 14.6 Å². The van der Waals surface area contributed by atoms with E-state index in [2.05, 4.69) is 13.8 Å². The van der Waals surface area contributed by atoms with E-state index in [0.29, 0.717) is 5.92 Å². The molecule has 0 aromatic rings. The van der Waals surface area contributed by atoms with E-state index in [1.54, 1.807) is 0 Å². The Bertz CT molecular complexity index is 182. The predicted molar refractivity (Wildman–Crippen MR) is 59.8 cm³/mol. The van der Waals surface area contributed by atoms with Gasteiger partial charge in [-0.3, -0.25) is 0 Å². The molecule has 1 aliphatic rings. The molecule has 3 heteroatoms. The summed E-state index contributed by atoms with van der Waals surface area (Å²) in [6.07, 6.45) is 2.01. The molecule has 1 aliphatic heterocycles. The Morgan fingerprint density at radius 2 is 2.27 bits per heavy atom. The van der Waals surface area contributed by atoms with Gasteiger partial charge in [0.15, 0.2) is 0 Å². The van der Waals surface area contributed by atoms with E-state index in [9.17, 15) is 5.11 Å². The summed E-state index contributed by atoms with van der Waals surface area (Å²) in [4.78, 5) is 0. The molecule has 90 valence electrons. The van der Waals surface area contributed by atoms with Crippen LogP contribution in [0.3, 0.4) is 0 Å². The van der Waals surface area contributed by atoms with E-state index in [0.717, 1.165) is 32.7 Å². The molecule has 0 radical (unpaired) electrons. The summed E-state index contributed by atoms with van der Waals surface area (Å²) < 4.78 is 11.1. The molecule has 2 atom stereocenters. The van der Waals surface area contributed by atoms with Crippen molar-refractivity contribution in [2.24, 2.45) is 11.3 Å². The average molecular weight is 216 g/mol. The molecule has 0 aromatic carbocycles. The smallest absolute Gasteiger partial charge is 0.0626 e. The lowest BCUT2D eigenvalue weighted by Crippen LogP contribution is -2.34. The van der Waals surface area contributed by atoms with Gasteiger partial charge in [0.25, 0.3) is 0 Å². The maximum atomic E-state index is 9.46. The van der Waals surface area contributed by atoms with Crippen LogP contribution in [0.4, 0.5) is 0 Å². The summed E-state index contributed by atoms with van der Waals surface area (Å²) >= 11 is 0. The number of hydrogen-bond acceptors (Lipinski definition) is 3. The fraction of sp³-hybridized carbons (Fsp3) is 1.00. The minimum Gasteiger partial charge on any atom is -0.396 e. The molecule has 1 N–H and O–H groups in total. The molecule has 0 aromatic heterocycles. The summed E-state index contributed by atoms with van der Waals surface area (Å²) in [5.41, 5.74) is -0.0586. The molecular weight excluding hydrogens is 192 g/mol. The fourth-order valence-electron chi connectivity index (χ4n) is 2.03. The van der Waals surface area contributed by atoms with Gasteiger partial charge in [-0.25, -0.2) is 0 Å². The first kappa shape index (κ1) is 12.9. The first-order valence-electron chi connectivity index (χ1n) is 5.91. The monoisotopic (exact) mass is 216 g/mol. The molecule has 3 nitrogen and oxygen atoms in total. The molecule has 1 heterocycles. The molecule has 2 unspecified atom stereocenters. The number of hydrogen-bond donors (Lipinski definition) is 1. The quantitative estimate of drug-likeness (QED) is 0.688. The minimum atomic E-state index is -0.0586. The Labute approximate surface area is 92.8 Å². The maximum absolute atomic E-state index is 9.46. The molecule has 1 saturated heterocycles. The Balaban J connectivity index is 2.28. The van der Waals surface area contributed by atoms with Crippen molar-refractivity contribution in [2.75, 3.05) is 26.4 Å². The highest BCUT2D eigenvalue weighted by Crippen LogP contribution is 2.37. The molecule has 15 heavy (non-hydrogen) atoms. The topological polar surface area (TPSA) is 38.7 Å². The molecule has 0 spiro atoms. The third-order valence-electron chi connectivity index (χ3n) is 3.34. The lowest BCUT2D eigenvalue weighted by Gasteiger charge is -2.29. The van der Waals surface area contributed by atoms with Crippen LogP contribution in [0.25, 0.3) is 0 Å². The van der Waals surface area contributed by atoms with Gasteiger partial charge in [-0.05, 0) is 25.7 Å². The summed E-state index contributed by atoms with van der Waals surface area (Å²) in [6.45, 7) is 8.84. The normalized spacial score (nSPS) is 31.4. The second-order valence-corrected chi connectivity index (χ2v) is 5.00. The van der Waals surface area contributed by atoms with Crippen molar-refractivity contribution in [2.45, 2.75) is 39.7 Å². The van der Waals surface area contributed by atoms with Crippen molar-refractivity contribution in [3.8, 4) is 0 Å². The predicted octanol–water partition coefficient (Wildman–Crippen LogP) is 1.84. The van der Waals surface area contributed by atoms with Crippen LogP contribution in [0, 0.1) is 11.3 Å². The summed E-state index contributed by atoms with van der Waals surface area (Å²) in [6, 6.07) is 0. The van der Waals surface area contributed by atoms with E-state index in [4.69, 9.17) is 9.47 Å². The number of aliphatic hydroxyl groups excluding tert-OH is 1. The van der Waals surface area contributed by atoms with E-state index in [1.165, 1.54) is 0 Å². The zero-order valence-electron chi connectivity index (χ0n) is 10.2. The zero-order chi connectivity index (χ0) is 11.3. The Morgan fingerprint density at radius 3 is 2.73 bits per heavy atom. The van der Waals surface area contributed by atoms with Crippen LogP contribution in [-0.4, -0.2) is 37.6 Å². The van der Waals surface area contributed by atoms with Gasteiger partial charge in [-0.15, -0.1) is 0 Å². The van der Waals surface area contributed by atoms with Crippen LogP contribution in [0.15, 0.2) is 0 Å². The van der Waals surface area contributed by atoms with Gasteiger partial charge in [0.05, 0.1) is 12.7 Å². The molecule has 0 amide bonds. The van der Waals surface area contributed by atoms with Crippen molar-refractivity contribution in [3.05, 3.63) is 0 Å². The van der Waals surface area contributed by atoms with Crippen molar-refractivity contribution >= 4 is 0 Å². The molecule has 1 fully saturated rings. The fourth-order valence-corrected chi connectivity index (χ4v) is 2.03. The third-order valence-corrected chi connectivity index (χ3v) is 3.34. The maximum Gasteiger partial charge on any atom is 0.0626 e. The lowest BCUT2D eigenvalue weighted by atomic mass is 9.80. The second kappa shape index (κ2) is 5.83. The van der Waals surface area contributed by atoms with Crippen LogP contribution in [0.2, 0.25) is 0 Å². The first-order valence-corrected chi connectivity index (χ1v) is 5.91. The highest BCUT2D eigenvalue weighted by Gasteiger charge is 2.40. The van der Waals surface area contributed by atoms with E-state index in [1.807, 2.05) is 6.92 Å². The average Bonchev–Trinajstić information content (AvgIpc) is 2.55. The van der Waals surface area contributed by atoms with Crippen LogP contribution >= 0.6 is 0 Å². The summed E-state index contributed by atoms with van der Waals surface area (Å²) in [5.74, 6) is 0.576. The van der Waals surface area contributed by atoms with Crippen molar-refractivity contribution < 1.29 is 14.6 Å². The number of aliphatic hydroxyl groups is 1. The van der Waals surface area contributed by atoms with Gasteiger partial charge >= 0.3 is 0 Å². The zero-order valence-corrected chi connectivity index (χ0v) is 10.2. The van der Waals surface area contributed by atoms with Crippen LogP contribution < -0.4 is 0 Å². The van der Waals surface area contributed by atoms with Gasteiger partial charge in [-0.1, -0.05) is 13.8 Å². The Morgan fingerprint density at radius 1 is 1.53 bits per heavy atom. The number of rotatable bonds is 6. The Hall–Kier alpha value is -0.120. The van der Waals surface area contributed by atoms with E-state index < -0.39 is 0 Å². The minimum absolute atomic E-state index is 0.0586. The largest absolute Gasteiger partial charge is 0.396 e. The molecule has 0 aliphatic carbocycles. The summed E-state index contributed by atoms with van der Waals surface area (Å²) in [7, 11) is 0. The lowest BCUT2D eigenvalue weighted by molar-refractivity contribution is -0.00235. The van der Waals surface area contributed by atoms with Crippen LogP contribution in [0.1, 0.15) is 33.6 Å². The highest BCUT2D eigenvalue weighted by molar-refractivity contribution is 4.88. The van der Waals surface area contributed by atoms with Crippen molar-refractivity contribution in [1.82, 2.24) is 0 Å². The summed E-state index contributed by atoms with van der Waals surface area (Å²) in [5, 5.41) is 9.46. The van der Waals surface area contributed by atoms with E-state index in [-0.39, 0.29) is 18.1 Å². The van der Waals surface area contributed by atoms with Gasteiger partial charge in [0.1, 0.15) is 0 Å². The highest BCUT2D eigenvalue weighted by atomic mass is 16.5. The van der Waals surface area contributed by atoms with Crippen LogP contribution in [0.5, 0.6) is 0 Å². The SMILES string of the molecule is CC(C)COCCC1(CO)CCOC1C. The standard InChI is InChI=1S/C12H24O3/c1-10(2)8-14-6-4-12(9-13)5-7-15-11(12)3/h10-11,13H,4-9H2,1-3H3. The van der Waals surface area contributed by atoms with Gasteiger partial charge in [0.2, 0.25) is 0 Å². The molecule has 0 bridgehead atoms. The third kappa shape index (κ3) is 3.44. The van der Waals surface area contributed by atoms with Crippen LogP contribution in [-0.2, 0) is 9.47 Å². The van der Waals surface area contributed by atoms with Crippen molar-refractivity contribution in [1.29, 1.82) is 0 Å². The second-order valence-electron chi connectivity index (χ2n) is 5.00. The molecular formula is C12H24O3. The van der Waals surface area contributed by atoms with Gasteiger partial charge in [-0.2, -0.15) is 0 Å². The van der Waals surface area contributed by atoms with Crippen molar-refractivity contribution in [3.63, 3.8) is 0 Å².